The first kappa shape index (κ1) is 18.1. The molecular weight excluding hydrogens is 379 g/mol. The van der Waals surface area contributed by atoms with Crippen molar-refractivity contribution in [1.82, 2.24) is 25.6 Å². The van der Waals surface area contributed by atoms with Crippen LogP contribution in [-0.2, 0) is 17.9 Å². The van der Waals surface area contributed by atoms with Gasteiger partial charge in [-0.05, 0) is 41.6 Å². The van der Waals surface area contributed by atoms with Crippen LogP contribution in [0.15, 0.2) is 42.5 Å². The zero-order valence-corrected chi connectivity index (χ0v) is 14.9. The molecule has 1 amide bonds. The number of ether oxygens (including phenoxy) is 1. The van der Waals surface area contributed by atoms with Crippen LogP contribution in [0.2, 0.25) is 10.0 Å². The molecule has 0 aliphatic rings. The molecule has 3 aromatic rings. The van der Waals surface area contributed by atoms with Crippen molar-refractivity contribution in [2.45, 2.75) is 13.2 Å². The van der Waals surface area contributed by atoms with E-state index in [1.54, 1.807) is 36.4 Å². The van der Waals surface area contributed by atoms with E-state index in [9.17, 15) is 4.79 Å². The Bertz CT molecular complexity index is 913. The number of nitrogens with one attached hydrogen (secondary N) is 1. The van der Waals surface area contributed by atoms with Crippen molar-refractivity contribution in [2.75, 3.05) is 0 Å². The number of hydrogen-bond acceptors (Lipinski definition) is 6. The lowest BCUT2D eigenvalue weighted by Crippen LogP contribution is -2.33. The van der Waals surface area contributed by atoms with Gasteiger partial charge in [0.1, 0.15) is 18.9 Å². The molecule has 26 heavy (non-hydrogen) atoms. The quantitative estimate of drug-likeness (QED) is 0.378. The molecule has 0 bridgehead atoms. The van der Waals surface area contributed by atoms with E-state index in [1.807, 2.05) is 11.5 Å². The lowest BCUT2D eigenvalue weighted by atomic mass is 10.2. The summed E-state index contributed by atoms with van der Waals surface area (Å²) >= 11 is 12.0. The normalized spacial score (nSPS) is 10.6. The summed E-state index contributed by atoms with van der Waals surface area (Å²) in [6.07, 6.45) is 0. The molecule has 134 valence electrons. The molecule has 0 aliphatic heterocycles. The highest BCUT2D eigenvalue weighted by Gasteiger charge is 2.09. The summed E-state index contributed by atoms with van der Waals surface area (Å²) in [7, 11) is 0. The first-order chi connectivity index (χ1) is 12.5. The number of tetrazole rings is 1. The molecular formula is C16H14Cl2N6O2. The van der Waals surface area contributed by atoms with Crippen molar-refractivity contribution in [2.24, 2.45) is 5.84 Å². The highest BCUT2D eigenvalue weighted by molar-refractivity contribution is 6.35. The van der Waals surface area contributed by atoms with Crippen LogP contribution in [0.5, 0.6) is 5.75 Å². The van der Waals surface area contributed by atoms with Crippen LogP contribution in [-0.4, -0.2) is 26.1 Å². The second-order valence-corrected chi connectivity index (χ2v) is 6.10. The van der Waals surface area contributed by atoms with Gasteiger partial charge in [-0.15, -0.1) is 10.2 Å². The van der Waals surface area contributed by atoms with Crippen LogP contribution < -0.4 is 16.0 Å². The van der Waals surface area contributed by atoms with Gasteiger partial charge in [0, 0.05) is 21.2 Å². The summed E-state index contributed by atoms with van der Waals surface area (Å²) < 4.78 is 5.72. The fraction of sp³-hybridized carbons (Fsp3) is 0.125. The van der Waals surface area contributed by atoms with E-state index in [1.165, 1.54) is 0 Å². The van der Waals surface area contributed by atoms with Crippen molar-refractivity contribution in [1.29, 1.82) is 0 Å². The Morgan fingerprint density at radius 1 is 1.19 bits per heavy atom. The van der Waals surface area contributed by atoms with Crippen LogP contribution in [0, 0.1) is 0 Å². The number of carbonyl (C=O) groups is 1. The smallest absolute Gasteiger partial charge is 0.257 e. The van der Waals surface area contributed by atoms with Crippen LogP contribution in [0.4, 0.5) is 0 Å². The Labute approximate surface area is 158 Å². The van der Waals surface area contributed by atoms with Crippen LogP contribution >= 0.6 is 23.2 Å². The minimum absolute atomic E-state index is 0.105. The highest BCUT2D eigenvalue weighted by atomic mass is 35.5. The Kier molecular flexibility index (Phi) is 5.67. The maximum atomic E-state index is 11.2. The zero-order valence-electron chi connectivity index (χ0n) is 13.4. The predicted octanol–water partition coefficient (Wildman–Crippen LogP) is 2.22. The molecule has 8 nitrogen and oxygen atoms in total. The van der Waals surface area contributed by atoms with Crippen LogP contribution in [0.3, 0.4) is 0 Å². The molecule has 0 saturated heterocycles. The van der Waals surface area contributed by atoms with Gasteiger partial charge in [-0.3, -0.25) is 10.2 Å². The van der Waals surface area contributed by atoms with Gasteiger partial charge in [-0.2, -0.15) is 4.80 Å². The largest absolute Gasteiger partial charge is 0.489 e. The van der Waals surface area contributed by atoms with E-state index in [2.05, 4.69) is 15.4 Å². The Morgan fingerprint density at radius 3 is 2.65 bits per heavy atom. The molecule has 3 rings (SSSR count). The third-order valence-corrected chi connectivity index (χ3v) is 4.01. The highest BCUT2D eigenvalue weighted by Crippen LogP contribution is 2.24. The SMILES string of the molecule is NNC(=O)Cn1nnc(-c2ccc(OCc3ccc(Cl)cc3Cl)cc2)n1. The monoisotopic (exact) mass is 392 g/mol. The molecule has 1 heterocycles. The fourth-order valence-corrected chi connectivity index (χ4v) is 2.56. The summed E-state index contributed by atoms with van der Waals surface area (Å²) in [5.74, 6) is 5.66. The second kappa shape index (κ2) is 8.13. The lowest BCUT2D eigenvalue weighted by Gasteiger charge is -2.08. The third kappa shape index (κ3) is 4.48. The molecule has 10 heteroatoms. The van der Waals surface area contributed by atoms with E-state index in [0.717, 1.165) is 15.9 Å². The van der Waals surface area contributed by atoms with Gasteiger partial charge >= 0.3 is 0 Å². The molecule has 0 atom stereocenters. The number of benzene rings is 2. The molecule has 2 aromatic carbocycles. The zero-order chi connectivity index (χ0) is 18.5. The van der Waals surface area contributed by atoms with Gasteiger partial charge in [0.2, 0.25) is 5.82 Å². The number of nitrogens with two attached hydrogens (primary N) is 1. The van der Waals surface area contributed by atoms with Gasteiger partial charge < -0.3 is 4.74 Å². The molecule has 0 radical (unpaired) electrons. The summed E-state index contributed by atoms with van der Waals surface area (Å²) in [5, 5.41) is 13.0. The first-order valence-corrected chi connectivity index (χ1v) is 8.25. The van der Waals surface area contributed by atoms with E-state index >= 15 is 0 Å². The van der Waals surface area contributed by atoms with E-state index < -0.39 is 5.91 Å². The number of amides is 1. The maximum absolute atomic E-state index is 11.2. The number of nitrogens with zero attached hydrogens (tertiary/aromatic N) is 4. The molecule has 0 fully saturated rings. The van der Waals surface area contributed by atoms with Gasteiger partial charge in [0.25, 0.3) is 5.91 Å². The second-order valence-electron chi connectivity index (χ2n) is 5.26. The molecule has 1 aromatic heterocycles. The number of halogens is 2. The average molecular weight is 393 g/mol. The Morgan fingerprint density at radius 2 is 1.96 bits per heavy atom. The minimum atomic E-state index is -0.418. The topological polar surface area (TPSA) is 108 Å². The van der Waals surface area contributed by atoms with E-state index in [0.29, 0.717) is 28.2 Å². The fourth-order valence-electron chi connectivity index (χ4n) is 2.10. The number of aromatic nitrogens is 4. The lowest BCUT2D eigenvalue weighted by molar-refractivity contribution is -0.122. The Balaban J connectivity index is 1.64. The summed E-state index contributed by atoms with van der Waals surface area (Å²) in [6, 6.07) is 12.4. The first-order valence-electron chi connectivity index (χ1n) is 7.49. The predicted molar refractivity (Wildman–Crippen MR) is 96.4 cm³/mol. The third-order valence-electron chi connectivity index (χ3n) is 3.42. The average Bonchev–Trinajstić information content (AvgIpc) is 3.10. The van der Waals surface area contributed by atoms with E-state index in [4.69, 9.17) is 33.8 Å². The van der Waals surface area contributed by atoms with Crippen molar-refractivity contribution >= 4 is 29.1 Å². The molecule has 0 unspecified atom stereocenters. The number of hydrogen-bond donors (Lipinski definition) is 2. The van der Waals surface area contributed by atoms with E-state index in [-0.39, 0.29) is 6.54 Å². The van der Waals surface area contributed by atoms with Crippen LogP contribution in [0.25, 0.3) is 11.4 Å². The van der Waals surface area contributed by atoms with Crippen molar-refractivity contribution in [3.8, 4) is 17.1 Å². The summed E-state index contributed by atoms with van der Waals surface area (Å²) in [6.45, 7) is 0.213. The summed E-state index contributed by atoms with van der Waals surface area (Å²) in [5.41, 5.74) is 3.58. The maximum Gasteiger partial charge on any atom is 0.257 e. The molecule has 0 spiro atoms. The molecule has 3 N–H and O–H groups in total. The number of rotatable bonds is 6. The van der Waals surface area contributed by atoms with Crippen molar-refractivity contribution in [3.05, 3.63) is 58.1 Å². The molecule has 0 aliphatic carbocycles. The van der Waals surface area contributed by atoms with Gasteiger partial charge in [0.15, 0.2) is 0 Å². The minimum Gasteiger partial charge on any atom is -0.489 e. The van der Waals surface area contributed by atoms with Gasteiger partial charge in [0.05, 0.1) is 0 Å². The van der Waals surface area contributed by atoms with Crippen molar-refractivity contribution < 1.29 is 9.53 Å². The summed E-state index contributed by atoms with van der Waals surface area (Å²) in [4.78, 5) is 12.4. The van der Waals surface area contributed by atoms with Crippen LogP contribution in [0.1, 0.15) is 5.56 Å². The standard InChI is InChI=1S/C16H14Cl2N6O2/c17-12-4-1-11(14(18)7-12)9-26-13-5-2-10(3-6-13)16-21-23-24(22-16)8-15(25)20-19/h1-7H,8-9,19H2,(H,20,25). The number of carbonyl (C=O) groups excluding carboxylic acids is 1. The number of hydrazine groups is 1. The Hall–Kier alpha value is -2.68. The van der Waals surface area contributed by atoms with Gasteiger partial charge in [-0.1, -0.05) is 29.3 Å². The van der Waals surface area contributed by atoms with Crippen molar-refractivity contribution in [3.63, 3.8) is 0 Å². The molecule has 0 saturated carbocycles. The van der Waals surface area contributed by atoms with Gasteiger partial charge in [-0.25, -0.2) is 5.84 Å².